The minimum atomic E-state index is 0.127. The van der Waals surface area contributed by atoms with Crippen LogP contribution < -0.4 is 5.73 Å². The molecule has 1 nitrogen and oxygen atoms in total. The van der Waals surface area contributed by atoms with Crippen LogP contribution in [0.2, 0.25) is 0 Å². The molecule has 0 spiro atoms. The maximum atomic E-state index is 6.06. The summed E-state index contributed by atoms with van der Waals surface area (Å²) in [7, 11) is 0. The molecule has 0 aliphatic rings. The molecule has 0 bridgehead atoms. The molecule has 2 heteroatoms. The molecule has 17 heavy (non-hydrogen) atoms. The lowest BCUT2D eigenvalue weighted by atomic mass is 9.99. The summed E-state index contributed by atoms with van der Waals surface area (Å²) >= 11 is 3.50. The standard InChI is InChI=1S/C15H16BrN/c1-2-15(17)13-7-3-5-11(9-13)12-6-4-8-14(16)10-12/h3-10,15H,2,17H2,1H3. The Kier molecular flexibility index (Phi) is 3.97. The van der Waals surface area contributed by atoms with E-state index in [1.54, 1.807) is 0 Å². The molecule has 0 saturated heterocycles. The topological polar surface area (TPSA) is 26.0 Å². The zero-order valence-corrected chi connectivity index (χ0v) is 11.4. The van der Waals surface area contributed by atoms with Crippen LogP contribution in [0.4, 0.5) is 0 Å². The van der Waals surface area contributed by atoms with Crippen molar-refractivity contribution in [2.24, 2.45) is 5.73 Å². The summed E-state index contributed by atoms with van der Waals surface area (Å²) in [5.41, 5.74) is 9.69. The Balaban J connectivity index is 2.39. The second-order valence-corrected chi connectivity index (χ2v) is 5.07. The first-order chi connectivity index (χ1) is 8.20. The van der Waals surface area contributed by atoms with Crippen molar-refractivity contribution in [1.82, 2.24) is 0 Å². The highest BCUT2D eigenvalue weighted by atomic mass is 79.9. The van der Waals surface area contributed by atoms with E-state index in [0.717, 1.165) is 10.9 Å². The van der Waals surface area contributed by atoms with E-state index in [1.165, 1.54) is 16.7 Å². The first-order valence-electron chi connectivity index (χ1n) is 5.82. The lowest BCUT2D eigenvalue weighted by molar-refractivity contribution is 0.699. The maximum Gasteiger partial charge on any atom is 0.0292 e. The molecule has 1 atom stereocenters. The van der Waals surface area contributed by atoms with Crippen molar-refractivity contribution in [2.75, 3.05) is 0 Å². The molecular weight excluding hydrogens is 274 g/mol. The fourth-order valence-corrected chi connectivity index (χ4v) is 2.25. The number of nitrogens with two attached hydrogens (primary N) is 1. The van der Waals surface area contributed by atoms with E-state index in [1.807, 2.05) is 12.1 Å². The van der Waals surface area contributed by atoms with Crippen LogP contribution in [-0.4, -0.2) is 0 Å². The molecule has 1 unspecified atom stereocenters. The number of hydrogen-bond donors (Lipinski definition) is 1. The van der Waals surface area contributed by atoms with Crippen LogP contribution in [0, 0.1) is 0 Å². The van der Waals surface area contributed by atoms with Crippen molar-refractivity contribution in [1.29, 1.82) is 0 Å². The van der Waals surface area contributed by atoms with E-state index in [0.29, 0.717) is 0 Å². The molecule has 2 aromatic carbocycles. The van der Waals surface area contributed by atoms with Gasteiger partial charge in [0, 0.05) is 10.5 Å². The van der Waals surface area contributed by atoms with Gasteiger partial charge in [-0.25, -0.2) is 0 Å². The number of hydrogen-bond acceptors (Lipinski definition) is 1. The fraction of sp³-hybridized carbons (Fsp3) is 0.200. The highest BCUT2D eigenvalue weighted by molar-refractivity contribution is 9.10. The Morgan fingerprint density at radius 2 is 1.71 bits per heavy atom. The summed E-state index contributed by atoms with van der Waals surface area (Å²) in [6.07, 6.45) is 0.960. The Morgan fingerprint density at radius 1 is 1.06 bits per heavy atom. The third-order valence-electron chi connectivity index (χ3n) is 2.91. The van der Waals surface area contributed by atoms with Gasteiger partial charge in [0.2, 0.25) is 0 Å². The Hall–Kier alpha value is -1.12. The molecule has 0 saturated carbocycles. The van der Waals surface area contributed by atoms with Gasteiger partial charge in [-0.1, -0.05) is 53.2 Å². The summed E-state index contributed by atoms with van der Waals surface area (Å²) in [6, 6.07) is 16.9. The van der Waals surface area contributed by atoms with E-state index in [2.05, 4.69) is 59.3 Å². The van der Waals surface area contributed by atoms with Crippen LogP contribution in [0.15, 0.2) is 53.0 Å². The highest BCUT2D eigenvalue weighted by Crippen LogP contribution is 2.25. The van der Waals surface area contributed by atoms with Crippen molar-refractivity contribution in [3.8, 4) is 11.1 Å². The first-order valence-corrected chi connectivity index (χ1v) is 6.61. The van der Waals surface area contributed by atoms with Gasteiger partial charge in [0.15, 0.2) is 0 Å². The second-order valence-electron chi connectivity index (χ2n) is 4.15. The molecule has 0 aliphatic heterocycles. The largest absolute Gasteiger partial charge is 0.324 e. The van der Waals surface area contributed by atoms with Gasteiger partial charge in [0.1, 0.15) is 0 Å². The van der Waals surface area contributed by atoms with Gasteiger partial charge in [-0.2, -0.15) is 0 Å². The average molecular weight is 290 g/mol. The minimum absolute atomic E-state index is 0.127. The first kappa shape index (κ1) is 12.3. The summed E-state index contributed by atoms with van der Waals surface area (Å²) in [5.74, 6) is 0. The maximum absolute atomic E-state index is 6.06. The molecule has 0 aromatic heterocycles. The fourth-order valence-electron chi connectivity index (χ4n) is 1.85. The predicted octanol–water partition coefficient (Wildman–Crippen LogP) is 4.53. The smallest absolute Gasteiger partial charge is 0.0292 e. The van der Waals surface area contributed by atoms with Gasteiger partial charge in [0.05, 0.1) is 0 Å². The van der Waals surface area contributed by atoms with Crippen LogP contribution in [0.25, 0.3) is 11.1 Å². The number of benzene rings is 2. The molecule has 2 aromatic rings. The molecule has 2 N–H and O–H groups in total. The van der Waals surface area contributed by atoms with Crippen molar-refractivity contribution < 1.29 is 0 Å². The van der Waals surface area contributed by atoms with Crippen molar-refractivity contribution in [2.45, 2.75) is 19.4 Å². The van der Waals surface area contributed by atoms with Crippen molar-refractivity contribution in [3.05, 3.63) is 58.6 Å². The zero-order chi connectivity index (χ0) is 12.3. The van der Waals surface area contributed by atoms with Gasteiger partial charge in [-0.05, 0) is 41.3 Å². The molecule has 0 amide bonds. The molecule has 2 rings (SSSR count). The SMILES string of the molecule is CCC(N)c1cccc(-c2cccc(Br)c2)c1. The lowest BCUT2D eigenvalue weighted by Crippen LogP contribution is -2.08. The van der Waals surface area contributed by atoms with Crippen LogP contribution in [0.1, 0.15) is 24.9 Å². The molecule has 0 fully saturated rings. The number of halogens is 1. The quantitative estimate of drug-likeness (QED) is 0.883. The van der Waals surface area contributed by atoms with E-state index in [9.17, 15) is 0 Å². The normalized spacial score (nSPS) is 12.4. The van der Waals surface area contributed by atoms with Crippen molar-refractivity contribution in [3.63, 3.8) is 0 Å². The average Bonchev–Trinajstić information content (AvgIpc) is 2.38. The third kappa shape index (κ3) is 2.96. The summed E-state index contributed by atoms with van der Waals surface area (Å²) in [5, 5.41) is 0. The number of rotatable bonds is 3. The molecule has 0 radical (unpaired) electrons. The van der Waals surface area contributed by atoms with E-state index in [4.69, 9.17) is 5.73 Å². The highest BCUT2D eigenvalue weighted by Gasteiger charge is 2.05. The van der Waals surface area contributed by atoms with Crippen LogP contribution >= 0.6 is 15.9 Å². The van der Waals surface area contributed by atoms with Crippen LogP contribution in [-0.2, 0) is 0 Å². The molecule has 0 aliphatic carbocycles. The lowest BCUT2D eigenvalue weighted by Gasteiger charge is -2.11. The minimum Gasteiger partial charge on any atom is -0.324 e. The van der Waals surface area contributed by atoms with Gasteiger partial charge in [0.25, 0.3) is 0 Å². The Labute approximate surface area is 111 Å². The summed E-state index contributed by atoms with van der Waals surface area (Å²) in [6.45, 7) is 2.11. The van der Waals surface area contributed by atoms with Gasteiger partial charge < -0.3 is 5.73 Å². The predicted molar refractivity (Wildman–Crippen MR) is 76.8 cm³/mol. The molecule has 0 heterocycles. The van der Waals surface area contributed by atoms with Crippen molar-refractivity contribution >= 4 is 15.9 Å². The van der Waals surface area contributed by atoms with E-state index in [-0.39, 0.29) is 6.04 Å². The summed E-state index contributed by atoms with van der Waals surface area (Å²) < 4.78 is 1.10. The monoisotopic (exact) mass is 289 g/mol. The van der Waals surface area contributed by atoms with Gasteiger partial charge in [-0.15, -0.1) is 0 Å². The molecular formula is C15H16BrN. The van der Waals surface area contributed by atoms with E-state index < -0.39 is 0 Å². The van der Waals surface area contributed by atoms with Crippen LogP contribution in [0.3, 0.4) is 0 Å². The molecule has 88 valence electrons. The Morgan fingerprint density at radius 3 is 2.35 bits per heavy atom. The van der Waals surface area contributed by atoms with Gasteiger partial charge in [-0.3, -0.25) is 0 Å². The third-order valence-corrected chi connectivity index (χ3v) is 3.41. The zero-order valence-electron chi connectivity index (χ0n) is 9.86. The van der Waals surface area contributed by atoms with E-state index >= 15 is 0 Å². The Bertz CT molecular complexity index is 508. The summed E-state index contributed by atoms with van der Waals surface area (Å²) in [4.78, 5) is 0. The van der Waals surface area contributed by atoms with Crippen LogP contribution in [0.5, 0.6) is 0 Å². The second kappa shape index (κ2) is 5.48. The van der Waals surface area contributed by atoms with Gasteiger partial charge >= 0.3 is 0 Å².